The van der Waals surface area contributed by atoms with Crippen molar-refractivity contribution in [2.24, 2.45) is 0 Å². The Labute approximate surface area is 122 Å². The lowest BCUT2D eigenvalue weighted by Crippen LogP contribution is -2.21. The van der Waals surface area contributed by atoms with Gasteiger partial charge >= 0.3 is 0 Å². The van der Waals surface area contributed by atoms with E-state index in [4.69, 9.17) is 11.6 Å². The highest BCUT2D eigenvalue weighted by Gasteiger charge is 2.08. The molecule has 0 saturated carbocycles. The normalized spacial score (nSPS) is 10.3. The molecule has 0 spiro atoms. The van der Waals surface area contributed by atoms with Crippen molar-refractivity contribution < 1.29 is 9.18 Å². The Morgan fingerprint density at radius 2 is 1.70 bits per heavy atom. The van der Waals surface area contributed by atoms with Crippen LogP contribution in [0.4, 0.5) is 10.1 Å². The van der Waals surface area contributed by atoms with Crippen molar-refractivity contribution in [2.45, 2.75) is 6.42 Å². The summed E-state index contributed by atoms with van der Waals surface area (Å²) in [6, 6.07) is 13.1. The van der Waals surface area contributed by atoms with Gasteiger partial charge in [0, 0.05) is 36.3 Å². The summed E-state index contributed by atoms with van der Waals surface area (Å²) in [6.45, 7) is 0.576. The number of benzene rings is 2. The molecule has 0 aliphatic heterocycles. The fourth-order valence-electron chi connectivity index (χ4n) is 1.87. The maximum atomic E-state index is 12.8. The van der Waals surface area contributed by atoms with Crippen LogP contribution in [0.15, 0.2) is 48.5 Å². The van der Waals surface area contributed by atoms with Crippen LogP contribution in [0.2, 0.25) is 5.02 Å². The van der Waals surface area contributed by atoms with Gasteiger partial charge in [0.15, 0.2) is 5.78 Å². The molecule has 0 saturated heterocycles. The minimum Gasteiger partial charge on any atom is -0.374 e. The first kappa shape index (κ1) is 14.5. The zero-order valence-corrected chi connectivity index (χ0v) is 11.9. The van der Waals surface area contributed by atoms with E-state index in [0.29, 0.717) is 23.6 Å². The van der Waals surface area contributed by atoms with Crippen molar-refractivity contribution in [1.29, 1.82) is 0 Å². The Morgan fingerprint density at radius 1 is 1.10 bits per heavy atom. The first-order valence-electron chi connectivity index (χ1n) is 6.32. The van der Waals surface area contributed by atoms with Crippen LogP contribution in [0, 0.1) is 5.82 Å². The Hall–Kier alpha value is -1.87. The summed E-state index contributed by atoms with van der Waals surface area (Å²) in [7, 11) is 1.88. The third-order valence-electron chi connectivity index (χ3n) is 3.11. The van der Waals surface area contributed by atoms with Gasteiger partial charge < -0.3 is 4.90 Å². The Kier molecular flexibility index (Phi) is 4.74. The van der Waals surface area contributed by atoms with Gasteiger partial charge in [-0.1, -0.05) is 11.6 Å². The topological polar surface area (TPSA) is 20.3 Å². The molecular weight excluding hydrogens is 277 g/mol. The minimum absolute atomic E-state index is 0.0654. The molecule has 0 unspecified atom stereocenters. The number of carbonyl (C=O) groups excluding carboxylic acids is 1. The maximum absolute atomic E-state index is 12.8. The van der Waals surface area contributed by atoms with Crippen molar-refractivity contribution in [1.82, 2.24) is 0 Å². The van der Waals surface area contributed by atoms with Crippen molar-refractivity contribution in [2.75, 3.05) is 18.5 Å². The summed E-state index contributed by atoms with van der Waals surface area (Å²) in [4.78, 5) is 13.9. The quantitative estimate of drug-likeness (QED) is 0.770. The number of nitrogens with zero attached hydrogens (tertiary/aromatic N) is 1. The van der Waals surface area contributed by atoms with E-state index in [-0.39, 0.29) is 11.6 Å². The molecular formula is C16H15ClFNO. The number of Topliss-reactive ketones (excluding diaryl/α,β-unsaturated/α-hetero) is 1. The third kappa shape index (κ3) is 3.81. The van der Waals surface area contributed by atoms with E-state index in [1.807, 2.05) is 11.9 Å². The molecule has 2 rings (SSSR count). The van der Waals surface area contributed by atoms with E-state index in [2.05, 4.69) is 0 Å². The van der Waals surface area contributed by atoms with Gasteiger partial charge in [-0.15, -0.1) is 0 Å². The predicted molar refractivity (Wildman–Crippen MR) is 80.1 cm³/mol. The lowest BCUT2D eigenvalue weighted by atomic mass is 10.1. The molecule has 0 fully saturated rings. The Bertz CT molecular complexity index is 580. The van der Waals surface area contributed by atoms with Crippen LogP contribution in [0.3, 0.4) is 0 Å². The average Bonchev–Trinajstić information content (AvgIpc) is 2.46. The van der Waals surface area contributed by atoms with Crippen LogP contribution >= 0.6 is 11.6 Å². The molecule has 0 bridgehead atoms. The molecule has 0 heterocycles. The highest BCUT2D eigenvalue weighted by molar-refractivity contribution is 6.30. The van der Waals surface area contributed by atoms with Gasteiger partial charge in [-0.05, 0) is 48.5 Å². The van der Waals surface area contributed by atoms with Crippen LogP contribution in [0.5, 0.6) is 0 Å². The van der Waals surface area contributed by atoms with Crippen LogP contribution in [0.25, 0.3) is 0 Å². The summed E-state index contributed by atoms with van der Waals surface area (Å²) in [5.41, 5.74) is 1.54. The van der Waals surface area contributed by atoms with Gasteiger partial charge in [0.2, 0.25) is 0 Å². The van der Waals surface area contributed by atoms with Crippen molar-refractivity contribution in [3.05, 3.63) is 64.9 Å². The zero-order chi connectivity index (χ0) is 14.5. The van der Waals surface area contributed by atoms with Gasteiger partial charge in [-0.2, -0.15) is 0 Å². The lowest BCUT2D eigenvalue weighted by molar-refractivity contribution is 0.0985. The number of hydrogen-bond acceptors (Lipinski definition) is 2. The maximum Gasteiger partial charge on any atom is 0.164 e. The number of anilines is 1. The molecule has 0 radical (unpaired) electrons. The summed E-state index contributed by atoms with van der Waals surface area (Å²) in [5.74, 6) is -0.199. The molecule has 0 N–H and O–H groups in total. The van der Waals surface area contributed by atoms with Gasteiger partial charge in [0.25, 0.3) is 0 Å². The number of ketones is 1. The fraction of sp³-hybridized carbons (Fsp3) is 0.188. The van der Waals surface area contributed by atoms with Gasteiger partial charge in [-0.25, -0.2) is 4.39 Å². The molecule has 0 aliphatic carbocycles. The molecule has 2 aromatic carbocycles. The molecule has 20 heavy (non-hydrogen) atoms. The van der Waals surface area contributed by atoms with Gasteiger partial charge in [0.05, 0.1) is 0 Å². The molecule has 2 nitrogen and oxygen atoms in total. The van der Waals surface area contributed by atoms with E-state index >= 15 is 0 Å². The summed E-state index contributed by atoms with van der Waals surface area (Å²) < 4.78 is 12.8. The van der Waals surface area contributed by atoms with E-state index < -0.39 is 0 Å². The fourth-order valence-corrected chi connectivity index (χ4v) is 2.00. The zero-order valence-electron chi connectivity index (χ0n) is 11.1. The molecule has 2 aromatic rings. The van der Waals surface area contributed by atoms with E-state index in [9.17, 15) is 9.18 Å². The average molecular weight is 292 g/mol. The Morgan fingerprint density at radius 3 is 2.30 bits per heavy atom. The largest absolute Gasteiger partial charge is 0.374 e. The van der Waals surface area contributed by atoms with Crippen LogP contribution < -0.4 is 4.90 Å². The molecule has 0 atom stereocenters. The smallest absolute Gasteiger partial charge is 0.164 e. The predicted octanol–water partition coefficient (Wildman–Crippen LogP) is 4.19. The standard InChI is InChI=1S/C16H15ClFNO/c1-19(15-8-6-14(18)7-9-15)11-10-16(20)12-2-4-13(17)5-3-12/h2-9H,10-11H2,1H3. The SMILES string of the molecule is CN(CCC(=O)c1ccc(Cl)cc1)c1ccc(F)cc1. The molecule has 4 heteroatoms. The number of carbonyl (C=O) groups is 1. The minimum atomic E-state index is -0.264. The second kappa shape index (κ2) is 6.53. The first-order chi connectivity index (χ1) is 9.56. The van der Waals surface area contributed by atoms with Crippen molar-refractivity contribution in [3.63, 3.8) is 0 Å². The van der Waals surface area contributed by atoms with Crippen LogP contribution in [0.1, 0.15) is 16.8 Å². The summed E-state index contributed by atoms with van der Waals surface area (Å²) >= 11 is 5.79. The monoisotopic (exact) mass is 291 g/mol. The van der Waals surface area contributed by atoms with E-state index in [1.54, 1.807) is 36.4 Å². The summed E-state index contributed by atoms with van der Waals surface area (Å²) in [5, 5.41) is 0.616. The molecule has 0 amide bonds. The highest BCUT2D eigenvalue weighted by atomic mass is 35.5. The number of halogens is 2. The van der Waals surface area contributed by atoms with E-state index in [1.165, 1.54) is 12.1 Å². The molecule has 0 aromatic heterocycles. The molecule has 104 valence electrons. The van der Waals surface area contributed by atoms with Crippen molar-refractivity contribution >= 4 is 23.1 Å². The third-order valence-corrected chi connectivity index (χ3v) is 3.36. The van der Waals surface area contributed by atoms with Crippen LogP contribution in [-0.2, 0) is 0 Å². The van der Waals surface area contributed by atoms with Crippen molar-refractivity contribution in [3.8, 4) is 0 Å². The van der Waals surface area contributed by atoms with Crippen LogP contribution in [-0.4, -0.2) is 19.4 Å². The summed E-state index contributed by atoms with van der Waals surface area (Å²) in [6.07, 6.45) is 0.398. The van der Waals surface area contributed by atoms with Gasteiger partial charge in [0.1, 0.15) is 5.82 Å². The number of hydrogen-bond donors (Lipinski definition) is 0. The van der Waals surface area contributed by atoms with E-state index in [0.717, 1.165) is 5.69 Å². The highest BCUT2D eigenvalue weighted by Crippen LogP contribution is 2.15. The van der Waals surface area contributed by atoms with Gasteiger partial charge in [-0.3, -0.25) is 4.79 Å². The second-order valence-corrected chi connectivity index (χ2v) is 5.01. The molecule has 0 aliphatic rings. The Balaban J connectivity index is 1.92. The number of rotatable bonds is 5. The first-order valence-corrected chi connectivity index (χ1v) is 6.69. The lowest BCUT2D eigenvalue weighted by Gasteiger charge is -2.18. The second-order valence-electron chi connectivity index (χ2n) is 4.58.